The third-order valence-electron chi connectivity index (χ3n) is 4.26. The first-order chi connectivity index (χ1) is 9.70. The lowest BCUT2D eigenvalue weighted by Crippen LogP contribution is -2.30. The molecule has 3 heteroatoms. The fourth-order valence-corrected chi connectivity index (χ4v) is 4.24. The maximum atomic E-state index is 5.75. The normalized spacial score (nSPS) is 18.4. The van der Waals surface area contributed by atoms with Crippen molar-refractivity contribution in [3.05, 3.63) is 35.4 Å². The first-order valence-corrected chi connectivity index (χ1v) is 8.93. The van der Waals surface area contributed by atoms with Gasteiger partial charge >= 0.3 is 0 Å². The highest BCUT2D eigenvalue weighted by Gasteiger charge is 2.17. The average Bonchev–Trinajstić information content (AvgIpc) is 2.49. The summed E-state index contributed by atoms with van der Waals surface area (Å²) in [5, 5.41) is 0.842. The summed E-state index contributed by atoms with van der Waals surface area (Å²) in [6, 6.07) is 9.18. The fraction of sp³-hybridized carbons (Fsp3) is 0.647. The predicted molar refractivity (Wildman–Crippen MR) is 89.9 cm³/mol. The van der Waals surface area contributed by atoms with Crippen molar-refractivity contribution in [2.45, 2.75) is 63.2 Å². The maximum absolute atomic E-state index is 5.75. The second kappa shape index (κ2) is 8.06. The quantitative estimate of drug-likeness (QED) is 0.603. The second-order valence-corrected chi connectivity index (χ2v) is 7.47. The standard InChI is InChI=1S/C17H28N2S/c1-13(2)14-8-10-15(11-9-14)17(19-18)12-20-16-6-4-3-5-7-16/h8-11,13,16-17,19H,3-7,12,18H2,1-2H3. The number of hydrazine groups is 1. The third kappa shape index (κ3) is 4.51. The highest BCUT2D eigenvalue weighted by Crippen LogP contribution is 2.31. The van der Waals surface area contributed by atoms with Crippen molar-refractivity contribution in [3.8, 4) is 0 Å². The SMILES string of the molecule is CC(C)c1ccc(C(CSC2CCCCC2)NN)cc1. The molecular weight excluding hydrogens is 264 g/mol. The van der Waals surface area contributed by atoms with Crippen LogP contribution in [0.2, 0.25) is 0 Å². The molecule has 0 amide bonds. The van der Waals surface area contributed by atoms with Crippen LogP contribution in [0.25, 0.3) is 0 Å². The molecule has 0 aliphatic heterocycles. The molecule has 20 heavy (non-hydrogen) atoms. The Balaban J connectivity index is 1.89. The summed E-state index contributed by atoms with van der Waals surface area (Å²) in [5.74, 6) is 7.41. The van der Waals surface area contributed by atoms with Gasteiger partial charge in [0.2, 0.25) is 0 Å². The van der Waals surface area contributed by atoms with E-state index in [1.54, 1.807) is 0 Å². The van der Waals surface area contributed by atoms with Crippen LogP contribution in [-0.2, 0) is 0 Å². The van der Waals surface area contributed by atoms with Crippen LogP contribution in [0.3, 0.4) is 0 Å². The van der Waals surface area contributed by atoms with Crippen LogP contribution in [-0.4, -0.2) is 11.0 Å². The van der Waals surface area contributed by atoms with Crippen molar-refractivity contribution in [1.29, 1.82) is 0 Å². The zero-order valence-electron chi connectivity index (χ0n) is 12.8. The van der Waals surface area contributed by atoms with Crippen LogP contribution in [0.5, 0.6) is 0 Å². The Labute approximate surface area is 127 Å². The number of hydrogen-bond acceptors (Lipinski definition) is 3. The van der Waals surface area contributed by atoms with Gasteiger partial charge in [-0.1, -0.05) is 57.4 Å². The van der Waals surface area contributed by atoms with E-state index in [0.717, 1.165) is 11.0 Å². The molecule has 1 saturated carbocycles. The van der Waals surface area contributed by atoms with E-state index in [-0.39, 0.29) is 6.04 Å². The Morgan fingerprint density at radius 3 is 2.25 bits per heavy atom. The van der Waals surface area contributed by atoms with E-state index in [1.807, 2.05) is 0 Å². The molecule has 0 bridgehead atoms. The van der Waals surface area contributed by atoms with Crippen LogP contribution < -0.4 is 11.3 Å². The van der Waals surface area contributed by atoms with Crippen molar-refractivity contribution in [2.24, 2.45) is 5.84 Å². The fourth-order valence-electron chi connectivity index (χ4n) is 2.82. The van der Waals surface area contributed by atoms with Crippen LogP contribution in [0, 0.1) is 0 Å². The number of benzene rings is 1. The zero-order chi connectivity index (χ0) is 14.4. The highest BCUT2D eigenvalue weighted by atomic mass is 32.2. The van der Waals surface area contributed by atoms with Crippen molar-refractivity contribution in [1.82, 2.24) is 5.43 Å². The molecule has 1 fully saturated rings. The summed E-state index contributed by atoms with van der Waals surface area (Å²) in [6.07, 6.45) is 7.00. The van der Waals surface area contributed by atoms with Gasteiger partial charge in [-0.3, -0.25) is 11.3 Å². The Morgan fingerprint density at radius 1 is 1.10 bits per heavy atom. The second-order valence-electron chi connectivity index (χ2n) is 6.13. The highest BCUT2D eigenvalue weighted by molar-refractivity contribution is 7.99. The van der Waals surface area contributed by atoms with E-state index in [9.17, 15) is 0 Å². The van der Waals surface area contributed by atoms with E-state index in [1.165, 1.54) is 43.2 Å². The number of nitrogens with one attached hydrogen (secondary N) is 1. The molecule has 1 aromatic carbocycles. The smallest absolute Gasteiger partial charge is 0.0550 e. The summed E-state index contributed by atoms with van der Waals surface area (Å²) in [6.45, 7) is 4.46. The molecule has 0 radical (unpaired) electrons. The minimum Gasteiger partial charge on any atom is -0.271 e. The van der Waals surface area contributed by atoms with Gasteiger partial charge in [-0.15, -0.1) is 0 Å². The van der Waals surface area contributed by atoms with Crippen LogP contribution in [0.4, 0.5) is 0 Å². The van der Waals surface area contributed by atoms with Crippen LogP contribution in [0.1, 0.15) is 69.0 Å². The van der Waals surface area contributed by atoms with E-state index in [0.29, 0.717) is 5.92 Å². The minimum atomic E-state index is 0.267. The Morgan fingerprint density at radius 2 is 1.70 bits per heavy atom. The Hall–Kier alpha value is -0.510. The number of rotatable bonds is 6. The lowest BCUT2D eigenvalue weighted by atomic mass is 10.00. The van der Waals surface area contributed by atoms with Gasteiger partial charge in [0.05, 0.1) is 6.04 Å². The molecule has 0 heterocycles. The summed E-state index contributed by atoms with van der Waals surface area (Å²) in [5.41, 5.74) is 5.68. The topological polar surface area (TPSA) is 38.0 Å². The van der Waals surface area contributed by atoms with E-state index in [2.05, 4.69) is 55.3 Å². The number of nitrogens with two attached hydrogens (primary N) is 1. The number of hydrogen-bond donors (Lipinski definition) is 2. The van der Waals surface area contributed by atoms with Crippen LogP contribution >= 0.6 is 11.8 Å². The summed E-state index contributed by atoms with van der Waals surface area (Å²) in [4.78, 5) is 0. The molecule has 0 saturated heterocycles. The summed E-state index contributed by atoms with van der Waals surface area (Å²) >= 11 is 2.09. The molecule has 1 unspecified atom stereocenters. The first kappa shape index (κ1) is 15.9. The minimum absolute atomic E-state index is 0.267. The van der Waals surface area contributed by atoms with Crippen molar-refractivity contribution in [3.63, 3.8) is 0 Å². The van der Waals surface area contributed by atoms with E-state index in [4.69, 9.17) is 5.84 Å². The maximum Gasteiger partial charge on any atom is 0.0550 e. The van der Waals surface area contributed by atoms with Gasteiger partial charge in [0.1, 0.15) is 0 Å². The predicted octanol–water partition coefficient (Wildman–Crippen LogP) is 4.38. The van der Waals surface area contributed by atoms with Crippen LogP contribution in [0.15, 0.2) is 24.3 Å². The lowest BCUT2D eigenvalue weighted by Gasteiger charge is -2.24. The van der Waals surface area contributed by atoms with Crippen molar-refractivity contribution in [2.75, 3.05) is 5.75 Å². The van der Waals surface area contributed by atoms with Crippen molar-refractivity contribution >= 4 is 11.8 Å². The molecule has 1 atom stereocenters. The van der Waals surface area contributed by atoms with Gasteiger partial charge in [0.25, 0.3) is 0 Å². The first-order valence-electron chi connectivity index (χ1n) is 7.88. The molecule has 1 aliphatic rings. The monoisotopic (exact) mass is 292 g/mol. The molecule has 3 N–H and O–H groups in total. The van der Waals surface area contributed by atoms with E-state index >= 15 is 0 Å². The van der Waals surface area contributed by atoms with Gasteiger partial charge in [-0.2, -0.15) is 11.8 Å². The number of thioether (sulfide) groups is 1. The largest absolute Gasteiger partial charge is 0.271 e. The lowest BCUT2D eigenvalue weighted by molar-refractivity contribution is 0.514. The van der Waals surface area contributed by atoms with E-state index < -0.39 is 0 Å². The van der Waals surface area contributed by atoms with Gasteiger partial charge in [0.15, 0.2) is 0 Å². The average molecular weight is 292 g/mol. The molecule has 0 spiro atoms. The Kier molecular flexibility index (Phi) is 6.40. The molecule has 2 rings (SSSR count). The van der Waals surface area contributed by atoms with Gasteiger partial charge in [0, 0.05) is 11.0 Å². The molecular formula is C17H28N2S. The van der Waals surface area contributed by atoms with Gasteiger partial charge in [-0.05, 0) is 29.9 Å². The molecule has 2 nitrogen and oxygen atoms in total. The Bertz CT molecular complexity index is 382. The van der Waals surface area contributed by atoms with Gasteiger partial charge < -0.3 is 0 Å². The molecule has 0 aromatic heterocycles. The molecule has 1 aromatic rings. The molecule has 1 aliphatic carbocycles. The van der Waals surface area contributed by atoms with Gasteiger partial charge in [-0.25, -0.2) is 0 Å². The zero-order valence-corrected chi connectivity index (χ0v) is 13.6. The summed E-state index contributed by atoms with van der Waals surface area (Å²) < 4.78 is 0. The third-order valence-corrected chi connectivity index (χ3v) is 5.73. The van der Waals surface area contributed by atoms with Crippen molar-refractivity contribution < 1.29 is 0 Å². The molecule has 112 valence electrons. The summed E-state index contributed by atoms with van der Waals surface area (Å²) in [7, 11) is 0.